The summed E-state index contributed by atoms with van der Waals surface area (Å²) in [7, 11) is 0. The highest BCUT2D eigenvalue weighted by atomic mass is 35.5. The maximum atomic E-state index is 12.2. The SMILES string of the molecule is C=CCn1cccc(C(=O)Nc2ccc(Cl)c(Cl)c2)c1=O. The van der Waals surface area contributed by atoms with E-state index in [1.165, 1.54) is 16.7 Å². The Balaban J connectivity index is 2.28. The number of hydrogen-bond donors (Lipinski definition) is 1. The lowest BCUT2D eigenvalue weighted by atomic mass is 10.2. The highest BCUT2D eigenvalue weighted by molar-refractivity contribution is 6.42. The van der Waals surface area contributed by atoms with Gasteiger partial charge in [-0.2, -0.15) is 0 Å². The molecule has 1 aromatic carbocycles. The van der Waals surface area contributed by atoms with Crippen LogP contribution in [0.25, 0.3) is 0 Å². The van der Waals surface area contributed by atoms with Crippen LogP contribution in [0.15, 0.2) is 54.0 Å². The van der Waals surface area contributed by atoms with Crippen LogP contribution in [0.2, 0.25) is 10.0 Å². The molecule has 2 rings (SSSR count). The van der Waals surface area contributed by atoms with Gasteiger partial charge in [0.2, 0.25) is 0 Å². The summed E-state index contributed by atoms with van der Waals surface area (Å²) in [6.45, 7) is 3.91. The van der Waals surface area contributed by atoms with Crippen molar-refractivity contribution in [3.63, 3.8) is 0 Å². The fourth-order valence-corrected chi connectivity index (χ4v) is 2.06. The number of allylic oxidation sites excluding steroid dienone is 1. The summed E-state index contributed by atoms with van der Waals surface area (Å²) in [6, 6.07) is 7.80. The molecule has 6 heteroatoms. The molecule has 0 unspecified atom stereocenters. The number of hydrogen-bond acceptors (Lipinski definition) is 2. The first kappa shape index (κ1) is 15.4. The first-order chi connectivity index (χ1) is 10.0. The van der Waals surface area contributed by atoms with Crippen molar-refractivity contribution in [3.05, 3.63) is 75.1 Å². The average molecular weight is 323 g/mol. The number of pyridine rings is 1. The smallest absolute Gasteiger partial charge is 0.263 e. The van der Waals surface area contributed by atoms with Crippen molar-refractivity contribution in [2.24, 2.45) is 0 Å². The van der Waals surface area contributed by atoms with Gasteiger partial charge in [0.1, 0.15) is 5.56 Å². The second-order valence-corrected chi connectivity index (χ2v) is 5.07. The molecule has 0 saturated heterocycles. The quantitative estimate of drug-likeness (QED) is 0.874. The summed E-state index contributed by atoms with van der Waals surface area (Å²) < 4.78 is 1.40. The minimum atomic E-state index is -0.503. The minimum absolute atomic E-state index is 0.0467. The zero-order valence-electron chi connectivity index (χ0n) is 11.0. The molecule has 0 aliphatic rings. The molecule has 108 valence electrons. The monoisotopic (exact) mass is 322 g/mol. The van der Waals surface area contributed by atoms with Crippen LogP contribution in [-0.4, -0.2) is 10.5 Å². The number of nitrogens with one attached hydrogen (secondary N) is 1. The molecular formula is C15H12Cl2N2O2. The van der Waals surface area contributed by atoms with Gasteiger partial charge in [0.05, 0.1) is 10.0 Å². The Morgan fingerprint density at radius 3 is 2.71 bits per heavy atom. The second-order valence-electron chi connectivity index (χ2n) is 4.25. The summed E-state index contributed by atoms with van der Waals surface area (Å²) >= 11 is 11.7. The summed E-state index contributed by atoms with van der Waals surface area (Å²) in [5.41, 5.74) is 0.133. The fourth-order valence-electron chi connectivity index (χ4n) is 1.76. The normalized spacial score (nSPS) is 10.2. The van der Waals surface area contributed by atoms with Crippen LogP contribution in [0.4, 0.5) is 5.69 Å². The van der Waals surface area contributed by atoms with Gasteiger partial charge in [-0.25, -0.2) is 0 Å². The number of carbonyl (C=O) groups is 1. The second kappa shape index (κ2) is 6.61. The summed E-state index contributed by atoms with van der Waals surface area (Å²) in [5, 5.41) is 3.33. The highest BCUT2D eigenvalue weighted by Gasteiger charge is 2.12. The van der Waals surface area contributed by atoms with Crippen LogP contribution in [0.5, 0.6) is 0 Å². The molecule has 21 heavy (non-hydrogen) atoms. The number of amides is 1. The van der Waals surface area contributed by atoms with E-state index in [0.717, 1.165) is 0 Å². The summed E-state index contributed by atoms with van der Waals surface area (Å²) in [6.07, 6.45) is 3.18. The molecule has 1 heterocycles. The standard InChI is InChI=1S/C15H12Cl2N2O2/c1-2-7-19-8-3-4-11(15(19)21)14(20)18-10-5-6-12(16)13(17)9-10/h2-6,8-9H,1,7H2,(H,18,20). The number of carbonyl (C=O) groups excluding carboxylic acids is 1. The van der Waals surface area contributed by atoms with Crippen LogP contribution >= 0.6 is 23.2 Å². The highest BCUT2D eigenvalue weighted by Crippen LogP contribution is 2.25. The Labute approximate surface area is 131 Å². The van der Waals surface area contributed by atoms with Gasteiger partial charge < -0.3 is 9.88 Å². The zero-order chi connectivity index (χ0) is 15.4. The molecule has 1 aromatic heterocycles. The van der Waals surface area contributed by atoms with Crippen LogP contribution in [-0.2, 0) is 6.54 Å². The Hall–Kier alpha value is -2.04. The molecule has 0 aliphatic heterocycles. The van der Waals surface area contributed by atoms with Gasteiger partial charge in [0.25, 0.3) is 11.5 Å². The molecule has 0 saturated carbocycles. The maximum absolute atomic E-state index is 12.2. The van der Waals surface area contributed by atoms with Crippen molar-refractivity contribution in [2.45, 2.75) is 6.54 Å². The predicted octanol–water partition coefficient (Wildman–Crippen LogP) is 3.59. The van der Waals surface area contributed by atoms with Crippen molar-refractivity contribution in [1.29, 1.82) is 0 Å². The Morgan fingerprint density at radius 2 is 2.05 bits per heavy atom. The lowest BCUT2D eigenvalue weighted by Gasteiger charge is -2.08. The molecule has 2 aromatic rings. The van der Waals surface area contributed by atoms with E-state index in [1.54, 1.807) is 30.5 Å². The van der Waals surface area contributed by atoms with Crippen molar-refractivity contribution in [3.8, 4) is 0 Å². The van der Waals surface area contributed by atoms with Crippen LogP contribution in [0.3, 0.4) is 0 Å². The van der Waals surface area contributed by atoms with E-state index in [2.05, 4.69) is 11.9 Å². The lowest BCUT2D eigenvalue weighted by molar-refractivity contribution is 0.102. The molecule has 0 radical (unpaired) electrons. The van der Waals surface area contributed by atoms with E-state index >= 15 is 0 Å². The van der Waals surface area contributed by atoms with Crippen LogP contribution < -0.4 is 10.9 Å². The summed E-state index contributed by atoms with van der Waals surface area (Å²) in [4.78, 5) is 24.3. The molecule has 1 amide bonds. The van der Waals surface area contributed by atoms with Gasteiger partial charge in [-0.05, 0) is 30.3 Å². The Kier molecular flexibility index (Phi) is 4.83. The third kappa shape index (κ3) is 3.54. The lowest BCUT2D eigenvalue weighted by Crippen LogP contribution is -2.28. The van der Waals surface area contributed by atoms with Crippen molar-refractivity contribution >= 4 is 34.8 Å². The third-order valence-electron chi connectivity index (χ3n) is 2.77. The Bertz CT molecular complexity index is 754. The van der Waals surface area contributed by atoms with E-state index < -0.39 is 5.91 Å². The van der Waals surface area contributed by atoms with Crippen molar-refractivity contribution in [2.75, 3.05) is 5.32 Å². The number of anilines is 1. The zero-order valence-corrected chi connectivity index (χ0v) is 12.5. The largest absolute Gasteiger partial charge is 0.322 e. The van der Waals surface area contributed by atoms with E-state index in [0.29, 0.717) is 22.3 Å². The van der Waals surface area contributed by atoms with Gasteiger partial charge in [-0.15, -0.1) is 6.58 Å². The molecule has 4 nitrogen and oxygen atoms in total. The Morgan fingerprint density at radius 1 is 1.29 bits per heavy atom. The molecular weight excluding hydrogens is 311 g/mol. The van der Waals surface area contributed by atoms with Crippen LogP contribution in [0.1, 0.15) is 10.4 Å². The third-order valence-corrected chi connectivity index (χ3v) is 3.51. The first-order valence-electron chi connectivity index (χ1n) is 6.09. The summed E-state index contributed by atoms with van der Waals surface area (Å²) in [5.74, 6) is -0.503. The minimum Gasteiger partial charge on any atom is -0.322 e. The maximum Gasteiger partial charge on any atom is 0.263 e. The van der Waals surface area contributed by atoms with Gasteiger partial charge in [-0.1, -0.05) is 29.3 Å². The molecule has 0 atom stereocenters. The number of halogens is 2. The van der Waals surface area contributed by atoms with E-state index in [-0.39, 0.29) is 11.1 Å². The number of nitrogens with zero attached hydrogens (tertiary/aromatic N) is 1. The number of benzene rings is 1. The molecule has 0 bridgehead atoms. The predicted molar refractivity (Wildman–Crippen MR) is 85.3 cm³/mol. The number of rotatable bonds is 4. The van der Waals surface area contributed by atoms with Gasteiger partial charge >= 0.3 is 0 Å². The first-order valence-corrected chi connectivity index (χ1v) is 6.85. The van der Waals surface area contributed by atoms with E-state index in [1.807, 2.05) is 0 Å². The van der Waals surface area contributed by atoms with Gasteiger partial charge in [-0.3, -0.25) is 9.59 Å². The van der Waals surface area contributed by atoms with Gasteiger partial charge in [0, 0.05) is 18.4 Å². The fraction of sp³-hybridized carbons (Fsp3) is 0.0667. The van der Waals surface area contributed by atoms with E-state index in [4.69, 9.17) is 23.2 Å². The topological polar surface area (TPSA) is 51.1 Å². The van der Waals surface area contributed by atoms with Crippen molar-refractivity contribution < 1.29 is 4.79 Å². The van der Waals surface area contributed by atoms with Crippen LogP contribution in [0, 0.1) is 0 Å². The van der Waals surface area contributed by atoms with E-state index in [9.17, 15) is 9.59 Å². The molecule has 0 aliphatic carbocycles. The molecule has 0 spiro atoms. The average Bonchev–Trinajstić information content (AvgIpc) is 2.45. The molecule has 0 fully saturated rings. The van der Waals surface area contributed by atoms with Gasteiger partial charge in [0.15, 0.2) is 0 Å². The van der Waals surface area contributed by atoms with Crippen molar-refractivity contribution in [1.82, 2.24) is 4.57 Å². The number of aromatic nitrogens is 1. The molecule has 1 N–H and O–H groups in total.